The average Bonchev–Trinajstić information content (AvgIpc) is 3.60. The lowest BCUT2D eigenvalue weighted by Gasteiger charge is -2.24. The van der Waals surface area contributed by atoms with E-state index in [-0.39, 0.29) is 5.41 Å². The summed E-state index contributed by atoms with van der Waals surface area (Å²) in [7, 11) is 0. The summed E-state index contributed by atoms with van der Waals surface area (Å²) in [6.45, 7) is 4.73. The first-order valence-corrected chi connectivity index (χ1v) is 22.3. The number of nitrogens with zero attached hydrogens (tertiary/aromatic N) is 3. The van der Waals surface area contributed by atoms with Gasteiger partial charge >= 0.3 is 0 Å². The smallest absolute Gasteiger partial charge is 0.164 e. The standard InChI is InChI=1S/C62H43N3/c1-62(2)55-37-48(61-64-59(46-31-27-42(28-32-46)40-17-7-3-8-18-40)63-60(65-61)47-33-29-43(30-34-47)41-19-9-4-10-20-41)35-36-49(55)52-38-53-54(39-56(52)62)58(45-23-13-6-14-24-45)51-26-16-15-25-50(51)57(53)44-21-11-5-12-22-44/h3-39H,1-2H3. The summed E-state index contributed by atoms with van der Waals surface area (Å²) in [5.74, 6) is 1.92. The number of hydrogen-bond donors (Lipinski definition) is 0. The van der Waals surface area contributed by atoms with Gasteiger partial charge in [-0.1, -0.05) is 220 Å². The molecule has 0 saturated heterocycles. The van der Waals surface area contributed by atoms with Gasteiger partial charge in [-0.25, -0.2) is 15.0 Å². The van der Waals surface area contributed by atoms with Gasteiger partial charge in [0.2, 0.25) is 0 Å². The van der Waals surface area contributed by atoms with Gasteiger partial charge in [-0.3, -0.25) is 0 Å². The van der Waals surface area contributed by atoms with Crippen LogP contribution >= 0.6 is 0 Å². The second-order valence-corrected chi connectivity index (χ2v) is 17.5. The van der Waals surface area contributed by atoms with Crippen LogP contribution in [0.5, 0.6) is 0 Å². The molecule has 10 aromatic carbocycles. The first-order valence-electron chi connectivity index (χ1n) is 22.3. The molecule has 3 nitrogen and oxygen atoms in total. The van der Waals surface area contributed by atoms with E-state index in [4.69, 9.17) is 15.0 Å². The summed E-state index contributed by atoms with van der Waals surface area (Å²) in [6, 6.07) is 80.4. The van der Waals surface area contributed by atoms with Crippen molar-refractivity contribution in [1.82, 2.24) is 15.0 Å². The van der Waals surface area contributed by atoms with Crippen molar-refractivity contribution in [3.05, 3.63) is 236 Å². The van der Waals surface area contributed by atoms with Gasteiger partial charge in [0.25, 0.3) is 0 Å². The number of benzene rings is 10. The molecular weight excluding hydrogens is 787 g/mol. The molecule has 3 heteroatoms. The average molecular weight is 830 g/mol. The normalized spacial score (nSPS) is 12.6. The van der Waals surface area contributed by atoms with Crippen molar-refractivity contribution in [3.63, 3.8) is 0 Å². The van der Waals surface area contributed by atoms with Crippen LogP contribution in [0.4, 0.5) is 0 Å². The van der Waals surface area contributed by atoms with Gasteiger partial charge in [0.1, 0.15) is 0 Å². The minimum atomic E-state index is -0.305. The van der Waals surface area contributed by atoms with Crippen molar-refractivity contribution in [2.45, 2.75) is 19.3 Å². The van der Waals surface area contributed by atoms with Crippen LogP contribution in [0, 0.1) is 0 Å². The van der Waals surface area contributed by atoms with Crippen molar-refractivity contribution < 1.29 is 0 Å². The van der Waals surface area contributed by atoms with E-state index in [2.05, 4.69) is 226 Å². The third-order valence-corrected chi connectivity index (χ3v) is 13.3. The van der Waals surface area contributed by atoms with E-state index in [1.807, 2.05) is 12.1 Å². The lowest BCUT2D eigenvalue weighted by molar-refractivity contribution is 0.661. The Morgan fingerprint density at radius 1 is 0.262 bits per heavy atom. The van der Waals surface area contributed by atoms with Crippen LogP contribution in [-0.2, 0) is 5.41 Å². The molecule has 306 valence electrons. The predicted octanol–water partition coefficient (Wildman–Crippen LogP) is 16.2. The fourth-order valence-electron chi connectivity index (χ4n) is 10.0. The summed E-state index contributed by atoms with van der Waals surface area (Å²) in [4.78, 5) is 15.6. The molecule has 0 amide bonds. The Morgan fingerprint density at radius 2 is 0.600 bits per heavy atom. The molecule has 0 N–H and O–H groups in total. The van der Waals surface area contributed by atoms with Crippen LogP contribution in [-0.4, -0.2) is 15.0 Å². The molecule has 0 saturated carbocycles. The van der Waals surface area contributed by atoms with E-state index in [0.717, 1.165) is 27.8 Å². The van der Waals surface area contributed by atoms with E-state index >= 15 is 0 Å². The fraction of sp³-hybridized carbons (Fsp3) is 0.0484. The maximum Gasteiger partial charge on any atom is 0.164 e. The van der Waals surface area contributed by atoms with E-state index in [0.29, 0.717) is 17.5 Å². The molecule has 0 radical (unpaired) electrons. The molecule has 1 heterocycles. The quantitative estimate of drug-likeness (QED) is 0.150. The van der Waals surface area contributed by atoms with E-state index < -0.39 is 0 Å². The number of fused-ring (bicyclic) bond motifs is 5. The lowest BCUT2D eigenvalue weighted by atomic mass is 9.79. The minimum Gasteiger partial charge on any atom is -0.208 e. The highest BCUT2D eigenvalue weighted by Crippen LogP contribution is 2.54. The Kier molecular flexibility index (Phi) is 9.17. The Labute approximate surface area is 379 Å². The zero-order valence-electron chi connectivity index (χ0n) is 36.2. The zero-order valence-corrected chi connectivity index (χ0v) is 36.2. The molecule has 0 aliphatic heterocycles. The summed E-state index contributed by atoms with van der Waals surface area (Å²) in [5, 5.41) is 5.02. The summed E-state index contributed by atoms with van der Waals surface area (Å²) in [6.07, 6.45) is 0. The molecule has 0 spiro atoms. The fourth-order valence-corrected chi connectivity index (χ4v) is 10.0. The molecular formula is C62H43N3. The topological polar surface area (TPSA) is 38.7 Å². The highest BCUT2D eigenvalue weighted by atomic mass is 15.0. The van der Waals surface area contributed by atoms with E-state index in [9.17, 15) is 0 Å². The number of aromatic nitrogens is 3. The largest absolute Gasteiger partial charge is 0.208 e. The molecule has 11 aromatic rings. The molecule has 12 rings (SSSR count). The zero-order chi connectivity index (χ0) is 43.5. The Bertz CT molecular complexity index is 3460. The van der Waals surface area contributed by atoms with Crippen molar-refractivity contribution in [1.29, 1.82) is 0 Å². The molecule has 0 bridgehead atoms. The third kappa shape index (κ3) is 6.63. The lowest BCUT2D eigenvalue weighted by Crippen LogP contribution is -2.15. The predicted molar refractivity (Wildman–Crippen MR) is 270 cm³/mol. The first kappa shape index (κ1) is 38.4. The second kappa shape index (κ2) is 15.5. The highest BCUT2D eigenvalue weighted by Gasteiger charge is 2.37. The maximum absolute atomic E-state index is 5.23. The molecule has 0 atom stereocenters. The van der Waals surface area contributed by atoms with Crippen LogP contribution in [0.15, 0.2) is 224 Å². The van der Waals surface area contributed by atoms with Crippen molar-refractivity contribution in [2.24, 2.45) is 0 Å². The highest BCUT2D eigenvalue weighted by molar-refractivity contribution is 6.22. The number of hydrogen-bond acceptors (Lipinski definition) is 3. The van der Waals surface area contributed by atoms with Gasteiger partial charge in [0, 0.05) is 22.1 Å². The van der Waals surface area contributed by atoms with E-state index in [1.165, 1.54) is 77.2 Å². The van der Waals surface area contributed by atoms with Gasteiger partial charge in [0.05, 0.1) is 0 Å². The summed E-state index contributed by atoms with van der Waals surface area (Å²) >= 11 is 0. The van der Waals surface area contributed by atoms with Crippen LogP contribution in [0.3, 0.4) is 0 Å². The molecule has 0 unspecified atom stereocenters. The van der Waals surface area contributed by atoms with Crippen molar-refractivity contribution in [3.8, 4) is 89.8 Å². The minimum absolute atomic E-state index is 0.305. The monoisotopic (exact) mass is 829 g/mol. The van der Waals surface area contributed by atoms with Gasteiger partial charge in [-0.15, -0.1) is 0 Å². The molecule has 1 aliphatic rings. The van der Waals surface area contributed by atoms with Gasteiger partial charge in [-0.05, 0) is 107 Å². The Balaban J connectivity index is 1.02. The van der Waals surface area contributed by atoms with Crippen LogP contribution in [0.25, 0.3) is 111 Å². The number of rotatable bonds is 7. The van der Waals surface area contributed by atoms with E-state index in [1.54, 1.807) is 0 Å². The summed E-state index contributed by atoms with van der Waals surface area (Å²) < 4.78 is 0. The molecule has 0 fully saturated rings. The maximum atomic E-state index is 5.23. The van der Waals surface area contributed by atoms with Crippen LogP contribution in [0.1, 0.15) is 25.0 Å². The molecule has 1 aromatic heterocycles. The van der Waals surface area contributed by atoms with Gasteiger partial charge in [0.15, 0.2) is 17.5 Å². The van der Waals surface area contributed by atoms with Crippen LogP contribution in [0.2, 0.25) is 0 Å². The SMILES string of the molecule is CC1(C)c2cc(-c3nc(-c4ccc(-c5ccccc5)cc4)nc(-c4ccc(-c5ccccc5)cc4)n3)ccc2-c2cc3c(-c4ccccc4)c4ccccc4c(-c4ccccc4)c3cc21. The summed E-state index contributed by atoms with van der Waals surface area (Å²) in [5.41, 5.74) is 17.2. The Morgan fingerprint density at radius 3 is 1.06 bits per heavy atom. The Hall–Kier alpha value is -8.27. The van der Waals surface area contributed by atoms with Gasteiger partial charge < -0.3 is 0 Å². The molecule has 65 heavy (non-hydrogen) atoms. The van der Waals surface area contributed by atoms with Crippen molar-refractivity contribution in [2.75, 3.05) is 0 Å². The second-order valence-electron chi connectivity index (χ2n) is 17.5. The molecule has 1 aliphatic carbocycles. The van der Waals surface area contributed by atoms with Crippen molar-refractivity contribution >= 4 is 21.5 Å². The third-order valence-electron chi connectivity index (χ3n) is 13.3. The van der Waals surface area contributed by atoms with Gasteiger partial charge in [-0.2, -0.15) is 0 Å². The first-order chi connectivity index (χ1) is 32.0. The van der Waals surface area contributed by atoms with Crippen LogP contribution < -0.4 is 0 Å².